The second-order valence-corrected chi connectivity index (χ2v) is 7.47. The van der Waals surface area contributed by atoms with E-state index in [1.54, 1.807) is 0 Å². The third kappa shape index (κ3) is 2.33. The first-order valence-electron chi connectivity index (χ1n) is 7.64. The Morgan fingerprint density at radius 1 is 1.32 bits per heavy atom. The zero-order valence-corrected chi connectivity index (χ0v) is 12.9. The number of ether oxygens (including phenoxy) is 1. The van der Waals surface area contributed by atoms with Crippen molar-refractivity contribution in [3.8, 4) is 0 Å². The number of aliphatic imine (C=N–C) groups is 1. The lowest BCUT2D eigenvalue weighted by Gasteiger charge is -2.46. The fourth-order valence-corrected chi connectivity index (χ4v) is 4.63. The minimum absolute atomic E-state index is 0.125. The Balaban J connectivity index is 1.77. The topological polar surface area (TPSA) is 47.6 Å². The molecule has 6 heteroatoms. The van der Waals surface area contributed by atoms with E-state index in [9.17, 15) is 8.78 Å². The molecule has 1 aromatic rings. The maximum Gasteiger partial charge on any atom is 0.154 e. The van der Waals surface area contributed by atoms with Gasteiger partial charge in [0.1, 0.15) is 17.2 Å². The summed E-state index contributed by atoms with van der Waals surface area (Å²) in [4.78, 5) is 4.55. The van der Waals surface area contributed by atoms with Gasteiger partial charge in [-0.1, -0.05) is 11.8 Å². The lowest BCUT2D eigenvalue weighted by atomic mass is 9.74. The van der Waals surface area contributed by atoms with Gasteiger partial charge in [-0.15, -0.1) is 0 Å². The summed E-state index contributed by atoms with van der Waals surface area (Å²) in [6, 6.07) is 3.54. The minimum atomic E-state index is -0.882. The summed E-state index contributed by atoms with van der Waals surface area (Å²) in [7, 11) is 0. The molecule has 0 radical (unpaired) electrons. The fraction of sp³-hybridized carbons (Fsp3) is 0.562. The van der Waals surface area contributed by atoms with E-state index in [1.165, 1.54) is 30.7 Å². The molecule has 3 atom stereocenters. The summed E-state index contributed by atoms with van der Waals surface area (Å²) < 4.78 is 34.1. The number of rotatable bonds is 2. The van der Waals surface area contributed by atoms with Gasteiger partial charge in [0.25, 0.3) is 0 Å². The van der Waals surface area contributed by atoms with Crippen LogP contribution in [0.4, 0.5) is 8.78 Å². The van der Waals surface area contributed by atoms with Crippen LogP contribution in [0, 0.1) is 23.5 Å². The molecule has 0 amide bonds. The summed E-state index contributed by atoms with van der Waals surface area (Å²) in [5.74, 6) is 0.630. The van der Waals surface area contributed by atoms with Gasteiger partial charge in [0.15, 0.2) is 5.17 Å². The number of nitrogens with two attached hydrogens (primary N) is 1. The zero-order chi connectivity index (χ0) is 15.3. The van der Waals surface area contributed by atoms with Crippen molar-refractivity contribution >= 4 is 16.9 Å². The number of nitrogens with zero attached hydrogens (tertiary/aromatic N) is 1. The number of hydrogen-bond acceptors (Lipinski definition) is 4. The molecular formula is C16H18F2N2OS. The second-order valence-electron chi connectivity index (χ2n) is 6.43. The van der Waals surface area contributed by atoms with Crippen molar-refractivity contribution in [2.45, 2.75) is 30.9 Å². The third-order valence-corrected chi connectivity index (χ3v) is 5.95. The van der Waals surface area contributed by atoms with Gasteiger partial charge in [-0.25, -0.2) is 13.8 Å². The smallest absolute Gasteiger partial charge is 0.154 e. The van der Waals surface area contributed by atoms with E-state index in [2.05, 4.69) is 4.99 Å². The zero-order valence-electron chi connectivity index (χ0n) is 12.1. The van der Waals surface area contributed by atoms with Crippen LogP contribution in [0.5, 0.6) is 0 Å². The highest BCUT2D eigenvalue weighted by molar-refractivity contribution is 8.13. The Morgan fingerprint density at radius 3 is 2.91 bits per heavy atom. The average Bonchev–Trinajstić information content (AvgIpc) is 3.33. The molecule has 0 spiro atoms. The first kappa shape index (κ1) is 14.5. The van der Waals surface area contributed by atoms with Crippen LogP contribution >= 0.6 is 11.8 Å². The Hall–Kier alpha value is -1.14. The van der Waals surface area contributed by atoms with Gasteiger partial charge < -0.3 is 10.5 Å². The molecule has 118 valence electrons. The molecule has 2 heterocycles. The SMILES string of the molecule is NC1=N[C@@]2(c3cc(F)ccc3F)CO[C@@H](C3CC3)C[C@H]2CS1. The van der Waals surface area contributed by atoms with Crippen LogP contribution in [-0.2, 0) is 10.3 Å². The van der Waals surface area contributed by atoms with Gasteiger partial charge in [-0.3, -0.25) is 0 Å². The number of halogens is 2. The molecule has 2 aliphatic heterocycles. The van der Waals surface area contributed by atoms with E-state index in [0.717, 1.165) is 24.3 Å². The Bertz CT molecular complexity index is 635. The van der Waals surface area contributed by atoms with Crippen LogP contribution in [0.3, 0.4) is 0 Å². The lowest BCUT2D eigenvalue weighted by molar-refractivity contribution is -0.0664. The van der Waals surface area contributed by atoms with Gasteiger partial charge in [-0.05, 0) is 43.4 Å². The summed E-state index contributed by atoms with van der Waals surface area (Å²) in [6.07, 6.45) is 3.48. The van der Waals surface area contributed by atoms with Gasteiger partial charge in [-0.2, -0.15) is 0 Å². The highest BCUT2D eigenvalue weighted by Gasteiger charge is 2.51. The van der Waals surface area contributed by atoms with E-state index in [0.29, 0.717) is 11.1 Å². The predicted octanol–water partition coefficient (Wildman–Crippen LogP) is 3.04. The molecule has 22 heavy (non-hydrogen) atoms. The van der Waals surface area contributed by atoms with Crippen molar-refractivity contribution < 1.29 is 13.5 Å². The van der Waals surface area contributed by atoms with E-state index in [4.69, 9.17) is 10.5 Å². The van der Waals surface area contributed by atoms with E-state index >= 15 is 0 Å². The molecular weight excluding hydrogens is 306 g/mol. The van der Waals surface area contributed by atoms with E-state index < -0.39 is 17.2 Å². The van der Waals surface area contributed by atoms with Crippen molar-refractivity contribution in [1.82, 2.24) is 0 Å². The first-order chi connectivity index (χ1) is 10.6. The number of fused-ring (bicyclic) bond motifs is 1. The molecule has 0 bridgehead atoms. The monoisotopic (exact) mass is 324 g/mol. The van der Waals surface area contributed by atoms with Crippen LogP contribution in [0.2, 0.25) is 0 Å². The van der Waals surface area contributed by atoms with Gasteiger partial charge >= 0.3 is 0 Å². The van der Waals surface area contributed by atoms with Gasteiger partial charge in [0.2, 0.25) is 0 Å². The number of benzene rings is 1. The third-order valence-electron chi connectivity index (χ3n) is 4.99. The van der Waals surface area contributed by atoms with E-state index in [1.807, 2.05) is 0 Å². The summed E-state index contributed by atoms with van der Waals surface area (Å²) in [5, 5.41) is 0.424. The predicted molar refractivity (Wildman–Crippen MR) is 82.7 cm³/mol. The highest BCUT2D eigenvalue weighted by atomic mass is 32.2. The van der Waals surface area contributed by atoms with Crippen LogP contribution < -0.4 is 5.73 Å². The maximum atomic E-state index is 14.4. The molecule has 1 aliphatic carbocycles. The van der Waals surface area contributed by atoms with E-state index in [-0.39, 0.29) is 24.2 Å². The van der Waals surface area contributed by atoms with Crippen molar-refractivity contribution in [1.29, 1.82) is 0 Å². The number of thioether (sulfide) groups is 1. The van der Waals surface area contributed by atoms with Crippen molar-refractivity contribution in [2.24, 2.45) is 22.6 Å². The van der Waals surface area contributed by atoms with Crippen molar-refractivity contribution in [3.63, 3.8) is 0 Å². The molecule has 1 aromatic carbocycles. The van der Waals surface area contributed by atoms with Crippen LogP contribution in [0.1, 0.15) is 24.8 Å². The van der Waals surface area contributed by atoms with Gasteiger partial charge in [0, 0.05) is 17.2 Å². The van der Waals surface area contributed by atoms with Crippen molar-refractivity contribution in [2.75, 3.05) is 12.4 Å². The molecule has 2 N–H and O–H groups in total. The molecule has 1 saturated carbocycles. The molecule has 2 fully saturated rings. The minimum Gasteiger partial charge on any atom is -0.379 e. The molecule has 3 nitrogen and oxygen atoms in total. The molecule has 3 aliphatic rings. The molecule has 0 aromatic heterocycles. The highest BCUT2D eigenvalue weighted by Crippen LogP contribution is 2.50. The standard InChI is InChI=1S/C16H18F2N2OS/c17-11-3-4-13(18)12(6-11)16-8-21-14(9-1-2-9)5-10(16)7-22-15(19)20-16/h3-4,6,9-10,14H,1-2,5,7-8H2,(H2,19,20)/t10-,14+,16-/m0/s1. The molecule has 4 rings (SSSR count). The fourth-order valence-electron chi connectivity index (χ4n) is 3.62. The van der Waals surface area contributed by atoms with Gasteiger partial charge in [0.05, 0.1) is 12.7 Å². The van der Waals surface area contributed by atoms with Crippen LogP contribution in [0.25, 0.3) is 0 Å². The molecule has 0 unspecified atom stereocenters. The summed E-state index contributed by atoms with van der Waals surface area (Å²) in [5.41, 5.74) is 5.29. The second kappa shape index (κ2) is 5.20. The Labute approximate surface area is 132 Å². The summed E-state index contributed by atoms with van der Waals surface area (Å²) in [6.45, 7) is 0.278. The van der Waals surface area contributed by atoms with Crippen molar-refractivity contribution in [3.05, 3.63) is 35.4 Å². The maximum absolute atomic E-state index is 14.4. The van der Waals surface area contributed by atoms with Crippen LogP contribution in [0.15, 0.2) is 23.2 Å². The first-order valence-corrected chi connectivity index (χ1v) is 8.62. The van der Waals surface area contributed by atoms with Crippen LogP contribution in [-0.4, -0.2) is 23.6 Å². The largest absolute Gasteiger partial charge is 0.379 e. The lowest BCUT2D eigenvalue weighted by Crippen LogP contribution is -2.50. The average molecular weight is 324 g/mol. The summed E-state index contributed by atoms with van der Waals surface area (Å²) >= 11 is 1.50. The number of hydrogen-bond donors (Lipinski definition) is 1. The normalized spacial score (nSPS) is 34.9. The molecule has 1 saturated heterocycles. The quantitative estimate of drug-likeness (QED) is 0.909. The Kier molecular flexibility index (Phi) is 3.42. The Morgan fingerprint density at radius 2 is 2.14 bits per heavy atom. The number of amidine groups is 1.